The normalized spacial score (nSPS) is 10.7. The summed E-state index contributed by atoms with van der Waals surface area (Å²) in [6.45, 7) is 2.36. The third-order valence-corrected chi connectivity index (χ3v) is 4.42. The van der Waals surface area contributed by atoms with E-state index in [1.165, 1.54) is 13.3 Å². The summed E-state index contributed by atoms with van der Waals surface area (Å²) < 4.78 is 12.3. The molecule has 0 aliphatic rings. The van der Waals surface area contributed by atoms with Crippen molar-refractivity contribution in [2.24, 2.45) is 7.05 Å². The number of pyridine rings is 1. The van der Waals surface area contributed by atoms with Gasteiger partial charge in [-0.2, -0.15) is 0 Å². The number of fused-ring (bicyclic) bond motifs is 1. The summed E-state index contributed by atoms with van der Waals surface area (Å²) in [7, 11) is 3.29. The number of hydrogen-bond acceptors (Lipinski definition) is 4. The molecule has 1 aromatic heterocycles. The van der Waals surface area contributed by atoms with Gasteiger partial charge in [0, 0.05) is 18.9 Å². The summed E-state index contributed by atoms with van der Waals surface area (Å²) in [5.74, 6) is 0.571. The number of carbonyl (C=O) groups excluding carboxylic acids is 1. The van der Waals surface area contributed by atoms with Gasteiger partial charge in [-0.15, -0.1) is 0 Å². The Bertz CT molecular complexity index is 1080. The minimum absolute atomic E-state index is 0.0330. The summed E-state index contributed by atoms with van der Waals surface area (Å²) in [5, 5.41) is 3.48. The zero-order chi connectivity index (χ0) is 19.6. The molecule has 0 bridgehead atoms. The Kier molecular flexibility index (Phi) is 5.37. The molecule has 3 aromatic rings. The lowest BCUT2D eigenvalue weighted by Crippen LogP contribution is -2.23. The van der Waals surface area contributed by atoms with Crippen LogP contribution in [0.2, 0.25) is 5.02 Å². The maximum atomic E-state index is 12.9. The minimum atomic E-state index is -0.513. The first-order valence-corrected chi connectivity index (χ1v) is 8.73. The number of benzene rings is 2. The third kappa shape index (κ3) is 3.75. The molecular formula is C20H19ClN2O4. The highest BCUT2D eigenvalue weighted by Gasteiger charge is 2.16. The Morgan fingerprint density at radius 2 is 2.00 bits per heavy atom. The fourth-order valence-electron chi connectivity index (χ4n) is 2.83. The van der Waals surface area contributed by atoms with Gasteiger partial charge in [-0.05, 0) is 43.3 Å². The number of anilines is 1. The molecule has 0 saturated carbocycles. The highest BCUT2D eigenvalue weighted by atomic mass is 35.5. The van der Waals surface area contributed by atoms with E-state index in [2.05, 4.69) is 5.32 Å². The Labute approximate surface area is 161 Å². The zero-order valence-corrected chi connectivity index (χ0v) is 16.0. The molecule has 1 heterocycles. The molecule has 0 radical (unpaired) electrons. The summed E-state index contributed by atoms with van der Waals surface area (Å²) in [6, 6.07) is 10.1. The van der Waals surface area contributed by atoms with Crippen LogP contribution in [-0.4, -0.2) is 24.2 Å². The van der Waals surface area contributed by atoms with Crippen molar-refractivity contribution in [3.05, 3.63) is 63.4 Å². The van der Waals surface area contributed by atoms with E-state index in [9.17, 15) is 9.59 Å². The van der Waals surface area contributed by atoms with Crippen LogP contribution in [0.5, 0.6) is 11.5 Å². The van der Waals surface area contributed by atoms with Crippen molar-refractivity contribution in [3.63, 3.8) is 0 Å². The van der Waals surface area contributed by atoms with Crippen LogP contribution in [0.3, 0.4) is 0 Å². The lowest BCUT2D eigenvalue weighted by Gasteiger charge is -2.12. The Morgan fingerprint density at radius 1 is 1.22 bits per heavy atom. The molecule has 2 aromatic carbocycles. The van der Waals surface area contributed by atoms with Crippen LogP contribution in [0.1, 0.15) is 17.3 Å². The molecule has 6 nitrogen and oxygen atoms in total. The topological polar surface area (TPSA) is 69.6 Å². The summed E-state index contributed by atoms with van der Waals surface area (Å²) in [5.41, 5.74) is 0.857. The Balaban J connectivity index is 2.00. The van der Waals surface area contributed by atoms with Crippen LogP contribution in [-0.2, 0) is 7.05 Å². The first-order valence-electron chi connectivity index (χ1n) is 8.35. The van der Waals surface area contributed by atoms with E-state index < -0.39 is 5.91 Å². The highest BCUT2D eigenvalue weighted by molar-refractivity contribution is 6.32. The van der Waals surface area contributed by atoms with E-state index in [1.54, 1.807) is 48.0 Å². The fraction of sp³-hybridized carbons (Fsp3) is 0.200. The van der Waals surface area contributed by atoms with Gasteiger partial charge in [-0.25, -0.2) is 0 Å². The monoisotopic (exact) mass is 386 g/mol. The number of methoxy groups -OCH3 is 1. The number of nitrogens with one attached hydrogen (secondary N) is 1. The number of ether oxygens (including phenoxy) is 2. The summed E-state index contributed by atoms with van der Waals surface area (Å²) in [4.78, 5) is 25.5. The van der Waals surface area contributed by atoms with E-state index in [0.29, 0.717) is 39.7 Å². The van der Waals surface area contributed by atoms with Gasteiger partial charge in [0.2, 0.25) is 5.43 Å². The van der Waals surface area contributed by atoms with E-state index in [0.717, 1.165) is 0 Å². The molecule has 0 fully saturated rings. The molecule has 0 unspecified atom stereocenters. The number of nitrogens with zero attached hydrogens (tertiary/aromatic N) is 1. The molecule has 0 spiro atoms. The molecule has 0 saturated heterocycles. The maximum absolute atomic E-state index is 12.9. The number of halogens is 1. The van der Waals surface area contributed by atoms with E-state index >= 15 is 0 Å². The Hall–Kier alpha value is -2.99. The minimum Gasteiger partial charge on any atom is -0.495 e. The van der Waals surface area contributed by atoms with Gasteiger partial charge in [0.05, 0.1) is 29.6 Å². The number of carbonyl (C=O) groups is 1. The molecule has 1 N–H and O–H groups in total. The number of aryl methyl sites for hydroxylation is 1. The SMILES string of the molecule is CCOc1ccc2c(c1)c(=O)c(C(=O)Nc1ccc(OC)c(Cl)c1)cn2C. The van der Waals surface area contributed by atoms with E-state index in [-0.39, 0.29) is 11.0 Å². The van der Waals surface area contributed by atoms with Crippen LogP contribution in [0, 0.1) is 0 Å². The van der Waals surface area contributed by atoms with Crippen molar-refractivity contribution < 1.29 is 14.3 Å². The fourth-order valence-corrected chi connectivity index (χ4v) is 3.09. The second-order valence-electron chi connectivity index (χ2n) is 5.90. The van der Waals surface area contributed by atoms with Gasteiger partial charge >= 0.3 is 0 Å². The molecule has 7 heteroatoms. The summed E-state index contributed by atoms with van der Waals surface area (Å²) in [6.07, 6.45) is 1.52. The summed E-state index contributed by atoms with van der Waals surface area (Å²) >= 11 is 6.08. The Morgan fingerprint density at radius 3 is 2.67 bits per heavy atom. The number of amides is 1. The van der Waals surface area contributed by atoms with Crippen molar-refractivity contribution in [3.8, 4) is 11.5 Å². The van der Waals surface area contributed by atoms with Gasteiger partial charge in [0.25, 0.3) is 5.91 Å². The van der Waals surface area contributed by atoms with Crippen molar-refractivity contribution in [1.29, 1.82) is 0 Å². The molecule has 0 aliphatic carbocycles. The number of aromatic nitrogens is 1. The second kappa shape index (κ2) is 7.72. The number of rotatable bonds is 5. The smallest absolute Gasteiger partial charge is 0.261 e. The van der Waals surface area contributed by atoms with Crippen molar-refractivity contribution >= 4 is 34.1 Å². The highest BCUT2D eigenvalue weighted by Crippen LogP contribution is 2.27. The van der Waals surface area contributed by atoms with Gasteiger partial charge in [0.1, 0.15) is 17.1 Å². The van der Waals surface area contributed by atoms with Crippen LogP contribution in [0.4, 0.5) is 5.69 Å². The van der Waals surface area contributed by atoms with Crippen molar-refractivity contribution in [2.75, 3.05) is 19.0 Å². The lowest BCUT2D eigenvalue weighted by atomic mass is 10.1. The van der Waals surface area contributed by atoms with Crippen LogP contribution in [0.25, 0.3) is 10.9 Å². The molecule has 140 valence electrons. The first-order chi connectivity index (χ1) is 12.9. The second-order valence-corrected chi connectivity index (χ2v) is 6.31. The largest absolute Gasteiger partial charge is 0.495 e. The van der Waals surface area contributed by atoms with Crippen LogP contribution in [0.15, 0.2) is 47.4 Å². The predicted molar refractivity (Wildman–Crippen MR) is 106 cm³/mol. The van der Waals surface area contributed by atoms with Crippen LogP contribution >= 0.6 is 11.6 Å². The molecule has 0 aliphatic heterocycles. The van der Waals surface area contributed by atoms with Gasteiger partial charge in [0.15, 0.2) is 0 Å². The van der Waals surface area contributed by atoms with Crippen molar-refractivity contribution in [2.45, 2.75) is 6.92 Å². The van der Waals surface area contributed by atoms with E-state index in [1.807, 2.05) is 6.92 Å². The molecular weight excluding hydrogens is 368 g/mol. The molecule has 0 atom stereocenters. The lowest BCUT2D eigenvalue weighted by molar-refractivity contribution is 0.102. The molecule has 3 rings (SSSR count). The maximum Gasteiger partial charge on any atom is 0.261 e. The average Bonchev–Trinajstić information content (AvgIpc) is 2.65. The first kappa shape index (κ1) is 18.8. The standard InChI is InChI=1S/C20H19ClN2O4/c1-4-27-13-6-7-17-14(10-13)19(24)15(11-23(17)2)20(25)22-12-5-8-18(26-3)16(21)9-12/h5-11H,4H2,1-3H3,(H,22,25). The predicted octanol–water partition coefficient (Wildman–Crippen LogP) is 3.85. The van der Waals surface area contributed by atoms with Gasteiger partial charge in [-0.1, -0.05) is 11.6 Å². The van der Waals surface area contributed by atoms with Gasteiger partial charge in [-0.3, -0.25) is 9.59 Å². The third-order valence-electron chi connectivity index (χ3n) is 4.13. The quantitative estimate of drug-likeness (QED) is 0.723. The van der Waals surface area contributed by atoms with Crippen LogP contribution < -0.4 is 20.2 Å². The van der Waals surface area contributed by atoms with Crippen molar-refractivity contribution in [1.82, 2.24) is 4.57 Å². The molecule has 27 heavy (non-hydrogen) atoms. The number of hydrogen-bond donors (Lipinski definition) is 1. The zero-order valence-electron chi connectivity index (χ0n) is 15.2. The molecule has 1 amide bonds. The van der Waals surface area contributed by atoms with Gasteiger partial charge < -0.3 is 19.4 Å². The van der Waals surface area contributed by atoms with E-state index in [4.69, 9.17) is 21.1 Å². The average molecular weight is 387 g/mol.